The third kappa shape index (κ3) is 7.00. The van der Waals surface area contributed by atoms with E-state index in [1.807, 2.05) is 48.5 Å². The van der Waals surface area contributed by atoms with Crippen molar-refractivity contribution in [1.82, 2.24) is 30.6 Å². The van der Waals surface area contributed by atoms with Crippen LogP contribution in [0.15, 0.2) is 58.8 Å². The summed E-state index contributed by atoms with van der Waals surface area (Å²) in [5.41, 5.74) is 3.75. The summed E-state index contributed by atoms with van der Waals surface area (Å²) in [6.45, 7) is 1.27. The largest absolute Gasteiger partial charge is 0.355 e. The van der Waals surface area contributed by atoms with Crippen LogP contribution in [0.25, 0.3) is 22.1 Å². The van der Waals surface area contributed by atoms with Gasteiger partial charge in [-0.3, -0.25) is 9.59 Å². The fourth-order valence-corrected chi connectivity index (χ4v) is 4.68. The van der Waals surface area contributed by atoms with Crippen LogP contribution in [0, 0.1) is 0 Å². The number of fused-ring (bicyclic) bond motifs is 2. The Kier molecular flexibility index (Phi) is 8.26. The number of H-pyrrole nitrogens is 2. The number of para-hydroxylation sites is 4. The van der Waals surface area contributed by atoms with Crippen molar-refractivity contribution in [2.24, 2.45) is 0 Å². The first kappa shape index (κ1) is 23.2. The van der Waals surface area contributed by atoms with Crippen LogP contribution in [0.4, 0.5) is 0 Å². The number of hydrogen-bond acceptors (Lipinski definition) is 6. The molecule has 2 aromatic carbocycles. The summed E-state index contributed by atoms with van der Waals surface area (Å²) in [7, 11) is 0. The number of hydrogen-bond donors (Lipinski definition) is 4. The Morgan fingerprint density at radius 1 is 0.697 bits per heavy atom. The molecule has 0 atom stereocenters. The van der Waals surface area contributed by atoms with Gasteiger partial charge in [-0.15, -0.1) is 0 Å². The van der Waals surface area contributed by atoms with Crippen molar-refractivity contribution >= 4 is 57.4 Å². The summed E-state index contributed by atoms with van der Waals surface area (Å²) in [4.78, 5) is 39.4. The predicted molar refractivity (Wildman–Crippen MR) is 134 cm³/mol. The van der Waals surface area contributed by atoms with Gasteiger partial charge in [-0.1, -0.05) is 47.8 Å². The average molecular weight is 483 g/mol. The van der Waals surface area contributed by atoms with Gasteiger partial charge >= 0.3 is 0 Å². The Labute approximate surface area is 200 Å². The number of thioether (sulfide) groups is 2. The zero-order chi connectivity index (χ0) is 22.9. The molecule has 0 spiro atoms. The number of aromatic amines is 2. The third-order valence-electron chi connectivity index (χ3n) is 4.91. The third-order valence-corrected chi connectivity index (χ3v) is 6.66. The van der Waals surface area contributed by atoms with Crippen molar-refractivity contribution in [3.05, 3.63) is 48.5 Å². The maximum absolute atomic E-state index is 12.0. The number of carbonyl (C=O) groups excluding carboxylic acids is 2. The van der Waals surface area contributed by atoms with Crippen molar-refractivity contribution in [3.63, 3.8) is 0 Å². The highest BCUT2D eigenvalue weighted by Gasteiger charge is 2.08. The van der Waals surface area contributed by atoms with Gasteiger partial charge in [0.2, 0.25) is 11.8 Å². The molecule has 0 aliphatic rings. The molecule has 172 valence electrons. The van der Waals surface area contributed by atoms with Crippen LogP contribution in [0.3, 0.4) is 0 Å². The van der Waals surface area contributed by atoms with E-state index in [4.69, 9.17) is 0 Å². The molecule has 2 heterocycles. The van der Waals surface area contributed by atoms with Crippen LogP contribution in [-0.2, 0) is 9.59 Å². The number of carbonyl (C=O) groups is 2. The minimum absolute atomic E-state index is 0.00336. The Morgan fingerprint density at radius 2 is 1.15 bits per heavy atom. The lowest BCUT2D eigenvalue weighted by molar-refractivity contribution is -0.119. The van der Waals surface area contributed by atoms with E-state index >= 15 is 0 Å². The van der Waals surface area contributed by atoms with Gasteiger partial charge < -0.3 is 20.6 Å². The summed E-state index contributed by atoms with van der Waals surface area (Å²) < 4.78 is 0. The van der Waals surface area contributed by atoms with Crippen molar-refractivity contribution in [2.45, 2.75) is 29.6 Å². The summed E-state index contributed by atoms with van der Waals surface area (Å²) in [5, 5.41) is 7.37. The number of aromatic nitrogens is 4. The average Bonchev–Trinajstić information content (AvgIpc) is 3.44. The number of amides is 2. The second-order valence-corrected chi connectivity index (χ2v) is 9.38. The Bertz CT molecular complexity index is 1060. The Balaban J connectivity index is 1.02. The lowest BCUT2D eigenvalue weighted by Gasteiger charge is -2.06. The normalized spacial score (nSPS) is 11.2. The summed E-state index contributed by atoms with van der Waals surface area (Å²) in [6, 6.07) is 15.6. The van der Waals surface area contributed by atoms with E-state index in [2.05, 4.69) is 30.6 Å². The molecule has 10 heteroatoms. The second-order valence-electron chi connectivity index (χ2n) is 7.46. The van der Waals surface area contributed by atoms with E-state index in [1.54, 1.807) is 0 Å². The molecule has 0 fully saturated rings. The molecular weight excluding hydrogens is 456 g/mol. The van der Waals surface area contributed by atoms with Crippen molar-refractivity contribution in [2.75, 3.05) is 24.6 Å². The van der Waals surface area contributed by atoms with Crippen LogP contribution in [0.2, 0.25) is 0 Å². The molecule has 0 unspecified atom stereocenters. The van der Waals surface area contributed by atoms with Crippen LogP contribution in [-0.4, -0.2) is 56.3 Å². The lowest BCUT2D eigenvalue weighted by Crippen LogP contribution is -2.27. The molecule has 0 bridgehead atoms. The summed E-state index contributed by atoms with van der Waals surface area (Å²) in [6.07, 6.45) is 2.70. The molecule has 0 saturated heterocycles. The first-order valence-electron chi connectivity index (χ1n) is 10.9. The smallest absolute Gasteiger partial charge is 0.230 e. The molecule has 4 N–H and O–H groups in total. The highest BCUT2D eigenvalue weighted by molar-refractivity contribution is 8.00. The molecule has 4 rings (SSSR count). The predicted octanol–water partition coefficient (Wildman–Crippen LogP) is 3.73. The van der Waals surface area contributed by atoms with Crippen LogP contribution in [0.5, 0.6) is 0 Å². The van der Waals surface area contributed by atoms with E-state index in [1.165, 1.54) is 23.5 Å². The zero-order valence-electron chi connectivity index (χ0n) is 18.1. The van der Waals surface area contributed by atoms with Gasteiger partial charge in [0.05, 0.1) is 33.6 Å². The standard InChI is InChI=1S/C23H26N6O2S2/c30-20(14-32-22-26-16-8-2-3-9-17(16)27-22)24-12-6-1-7-13-25-21(31)15-33-23-28-18-10-4-5-11-19(18)29-23/h2-5,8-11H,1,6-7,12-15H2,(H,24,30)(H,25,31)(H,26,27)(H,28,29). The monoisotopic (exact) mass is 482 g/mol. The summed E-state index contributed by atoms with van der Waals surface area (Å²) in [5.74, 6) is 0.658. The van der Waals surface area contributed by atoms with Gasteiger partial charge in [0.25, 0.3) is 0 Å². The number of imidazole rings is 2. The molecule has 0 aliphatic carbocycles. The molecule has 8 nitrogen and oxygen atoms in total. The lowest BCUT2D eigenvalue weighted by atomic mass is 10.2. The van der Waals surface area contributed by atoms with Gasteiger partial charge in [0, 0.05) is 13.1 Å². The first-order valence-corrected chi connectivity index (χ1v) is 12.8. The molecule has 4 aromatic rings. The molecule has 2 amide bonds. The highest BCUT2D eigenvalue weighted by Crippen LogP contribution is 2.19. The SMILES string of the molecule is O=C(CSc1nc2ccccc2[nH]1)NCCCCCNC(=O)CSc1nc2ccccc2[nH]1. The van der Waals surface area contributed by atoms with Gasteiger partial charge in [-0.25, -0.2) is 9.97 Å². The molecule has 0 saturated carbocycles. The van der Waals surface area contributed by atoms with E-state index in [-0.39, 0.29) is 11.8 Å². The zero-order valence-corrected chi connectivity index (χ0v) is 19.7. The van der Waals surface area contributed by atoms with E-state index in [0.29, 0.717) is 24.6 Å². The van der Waals surface area contributed by atoms with E-state index in [9.17, 15) is 9.59 Å². The van der Waals surface area contributed by atoms with Crippen LogP contribution in [0.1, 0.15) is 19.3 Å². The molecule has 0 aliphatic heterocycles. The maximum Gasteiger partial charge on any atom is 0.230 e. The number of benzene rings is 2. The Hall–Kier alpha value is -2.98. The van der Waals surface area contributed by atoms with Gasteiger partial charge in [-0.2, -0.15) is 0 Å². The second kappa shape index (κ2) is 11.8. The molecule has 33 heavy (non-hydrogen) atoms. The van der Waals surface area contributed by atoms with E-state index < -0.39 is 0 Å². The van der Waals surface area contributed by atoms with Gasteiger partial charge in [0.1, 0.15) is 0 Å². The topological polar surface area (TPSA) is 116 Å². The molecular formula is C23H26N6O2S2. The minimum Gasteiger partial charge on any atom is -0.355 e. The number of nitrogens with one attached hydrogen (secondary N) is 4. The summed E-state index contributed by atoms with van der Waals surface area (Å²) >= 11 is 2.80. The first-order chi connectivity index (χ1) is 16.2. The minimum atomic E-state index is -0.00336. The maximum atomic E-state index is 12.0. The number of rotatable bonds is 12. The van der Waals surface area contributed by atoms with Crippen LogP contribution >= 0.6 is 23.5 Å². The fourth-order valence-electron chi connectivity index (χ4n) is 3.25. The highest BCUT2D eigenvalue weighted by atomic mass is 32.2. The number of unbranched alkanes of at least 4 members (excludes halogenated alkanes) is 2. The Morgan fingerprint density at radius 3 is 1.61 bits per heavy atom. The number of nitrogens with zero attached hydrogens (tertiary/aromatic N) is 2. The van der Waals surface area contributed by atoms with Crippen LogP contribution < -0.4 is 10.6 Å². The van der Waals surface area contributed by atoms with Crippen molar-refractivity contribution < 1.29 is 9.59 Å². The fraction of sp³-hybridized carbons (Fsp3) is 0.304. The van der Waals surface area contributed by atoms with E-state index in [0.717, 1.165) is 51.6 Å². The van der Waals surface area contributed by atoms with Gasteiger partial charge in [-0.05, 0) is 43.5 Å². The quantitative estimate of drug-likeness (QED) is 0.181. The van der Waals surface area contributed by atoms with Crippen molar-refractivity contribution in [3.8, 4) is 0 Å². The van der Waals surface area contributed by atoms with Crippen molar-refractivity contribution in [1.29, 1.82) is 0 Å². The molecule has 2 aromatic heterocycles. The molecule has 0 radical (unpaired) electrons. The van der Waals surface area contributed by atoms with Gasteiger partial charge in [0.15, 0.2) is 10.3 Å².